The van der Waals surface area contributed by atoms with E-state index in [0.29, 0.717) is 21.7 Å². The smallest absolute Gasteiger partial charge is 0.295 e. The van der Waals surface area contributed by atoms with Gasteiger partial charge in [0.2, 0.25) is 0 Å². The zero-order chi connectivity index (χ0) is 22.6. The van der Waals surface area contributed by atoms with Gasteiger partial charge in [0.1, 0.15) is 0 Å². The van der Waals surface area contributed by atoms with Crippen molar-refractivity contribution in [1.82, 2.24) is 9.13 Å². The fourth-order valence-corrected chi connectivity index (χ4v) is 5.07. The molecule has 0 radical (unpaired) electrons. The molecule has 12 heteroatoms. The summed E-state index contributed by atoms with van der Waals surface area (Å²) in [5.41, 5.74) is 0.917. The predicted octanol–water partition coefficient (Wildman–Crippen LogP) is 4.50. The number of aromatic nitrogens is 2. The summed E-state index contributed by atoms with van der Waals surface area (Å²) in [6.07, 6.45) is 1.40. The zero-order valence-electron chi connectivity index (χ0n) is 16.0. The first-order valence-electron chi connectivity index (χ1n) is 8.67. The molecule has 0 atom stereocenters. The highest BCUT2D eigenvalue weighted by molar-refractivity contribution is 8.27. The van der Waals surface area contributed by atoms with E-state index in [-0.39, 0.29) is 31.2 Å². The second kappa shape index (κ2) is 7.79. The quantitative estimate of drug-likeness (QED) is 0.230. The van der Waals surface area contributed by atoms with E-state index < -0.39 is 10.8 Å². The third-order valence-electron chi connectivity index (χ3n) is 4.85. The summed E-state index contributed by atoms with van der Waals surface area (Å²) in [6, 6.07) is 7.48. The van der Waals surface area contributed by atoms with E-state index in [1.165, 1.54) is 45.4 Å². The van der Waals surface area contributed by atoms with Crippen LogP contribution in [0.15, 0.2) is 40.0 Å². The first-order chi connectivity index (χ1) is 14.6. The summed E-state index contributed by atoms with van der Waals surface area (Å²) >= 11 is 18.5. The van der Waals surface area contributed by atoms with E-state index in [2.05, 4.69) is 0 Å². The molecule has 31 heavy (non-hydrogen) atoms. The fourth-order valence-electron chi connectivity index (χ4n) is 3.30. The minimum absolute atomic E-state index is 0.182. The first-order valence-corrected chi connectivity index (χ1v) is 10.6. The molecular formula is C19H12Cl2N4O4S2. The van der Waals surface area contributed by atoms with Gasteiger partial charge in [-0.15, -0.1) is 0 Å². The molecule has 2 aromatic carbocycles. The SMILES string of the molecule is Cn1c(=O)n(C)c2cc([N+](=O)[O-])c(/C=C3/SC(=S)N(c4ccc(Cl)cc4Cl)C3=O)cc21. The molecule has 0 N–H and O–H groups in total. The molecule has 1 fully saturated rings. The molecule has 158 valence electrons. The van der Waals surface area contributed by atoms with Crippen LogP contribution < -0.4 is 10.6 Å². The van der Waals surface area contributed by atoms with Crippen molar-refractivity contribution in [3.63, 3.8) is 0 Å². The van der Waals surface area contributed by atoms with Crippen molar-refractivity contribution >= 4 is 85.9 Å². The topological polar surface area (TPSA) is 90.4 Å². The standard InChI is InChI=1S/C19H12Cl2N4O4S2/c1-22-14-5-9(13(25(28)29)8-15(14)23(2)18(22)27)6-16-17(26)24(19(30)31-16)12-4-3-10(20)7-11(12)21/h3-8H,1-2H3/b16-6+. The molecule has 0 aliphatic carbocycles. The monoisotopic (exact) mass is 494 g/mol. The Kier molecular flexibility index (Phi) is 5.42. The molecule has 0 unspecified atom stereocenters. The predicted molar refractivity (Wildman–Crippen MR) is 127 cm³/mol. The number of hydrogen-bond donors (Lipinski definition) is 0. The third-order valence-corrected chi connectivity index (χ3v) is 6.69. The second-order valence-electron chi connectivity index (χ2n) is 6.67. The van der Waals surface area contributed by atoms with Gasteiger partial charge in [-0.25, -0.2) is 4.79 Å². The Morgan fingerprint density at radius 3 is 2.35 bits per heavy atom. The lowest BCUT2D eigenvalue weighted by Crippen LogP contribution is -2.27. The number of nitro groups is 1. The van der Waals surface area contributed by atoms with Gasteiger partial charge in [0.25, 0.3) is 11.6 Å². The maximum absolute atomic E-state index is 13.1. The molecule has 0 spiro atoms. The largest absolute Gasteiger partial charge is 0.328 e. The molecule has 0 saturated carbocycles. The molecule has 3 aromatic rings. The number of carbonyl (C=O) groups excluding carboxylic acids is 1. The highest BCUT2D eigenvalue weighted by Gasteiger charge is 2.35. The number of imidazole rings is 1. The van der Waals surface area contributed by atoms with Crippen LogP contribution in [0.25, 0.3) is 17.1 Å². The van der Waals surface area contributed by atoms with Gasteiger partial charge in [0, 0.05) is 25.2 Å². The van der Waals surface area contributed by atoms with Gasteiger partial charge >= 0.3 is 5.69 Å². The Hall–Kier alpha value is -2.66. The number of hydrogen-bond acceptors (Lipinski definition) is 6. The van der Waals surface area contributed by atoms with Crippen molar-refractivity contribution in [2.45, 2.75) is 0 Å². The number of nitro benzene ring substituents is 1. The van der Waals surface area contributed by atoms with E-state index in [1.54, 1.807) is 19.2 Å². The number of anilines is 1. The van der Waals surface area contributed by atoms with Crippen molar-refractivity contribution in [1.29, 1.82) is 0 Å². The molecule has 0 bridgehead atoms. The van der Waals surface area contributed by atoms with Crippen LogP contribution in [0.4, 0.5) is 11.4 Å². The Bertz CT molecular complexity index is 1410. The molecule has 4 rings (SSSR count). The van der Waals surface area contributed by atoms with Crippen LogP contribution in [0.1, 0.15) is 5.56 Å². The molecule has 8 nitrogen and oxygen atoms in total. The summed E-state index contributed by atoms with van der Waals surface area (Å²) in [7, 11) is 3.11. The lowest BCUT2D eigenvalue weighted by Gasteiger charge is -2.16. The lowest BCUT2D eigenvalue weighted by molar-refractivity contribution is -0.385. The number of thiocarbonyl (C=S) groups is 1. The second-order valence-corrected chi connectivity index (χ2v) is 9.19. The van der Waals surface area contributed by atoms with Gasteiger partial charge in [-0.2, -0.15) is 0 Å². The van der Waals surface area contributed by atoms with Crippen LogP contribution in [-0.4, -0.2) is 24.3 Å². The van der Waals surface area contributed by atoms with E-state index in [4.69, 9.17) is 35.4 Å². The van der Waals surface area contributed by atoms with E-state index in [0.717, 1.165) is 11.8 Å². The van der Waals surface area contributed by atoms with Crippen LogP contribution >= 0.6 is 47.2 Å². The average Bonchev–Trinajstić information content (AvgIpc) is 3.09. The number of amides is 1. The van der Waals surface area contributed by atoms with Crippen molar-refractivity contribution < 1.29 is 9.72 Å². The van der Waals surface area contributed by atoms with Crippen molar-refractivity contribution in [3.05, 3.63) is 71.4 Å². The lowest BCUT2D eigenvalue weighted by atomic mass is 10.1. The third kappa shape index (κ3) is 3.55. The summed E-state index contributed by atoms with van der Waals surface area (Å²) in [6.45, 7) is 0. The Morgan fingerprint density at radius 1 is 1.10 bits per heavy atom. The number of rotatable bonds is 3. The van der Waals surface area contributed by atoms with Gasteiger partial charge in [-0.05, 0) is 30.3 Å². The van der Waals surface area contributed by atoms with Gasteiger partial charge in [-0.3, -0.25) is 28.9 Å². The number of aryl methyl sites for hydroxylation is 2. The Morgan fingerprint density at radius 2 is 1.74 bits per heavy atom. The Labute approximate surface area is 194 Å². The fraction of sp³-hybridized carbons (Fsp3) is 0.105. The zero-order valence-corrected chi connectivity index (χ0v) is 19.1. The van der Waals surface area contributed by atoms with Gasteiger partial charge in [0.05, 0.1) is 37.1 Å². The number of thioether (sulfide) groups is 1. The maximum atomic E-state index is 13.1. The number of carbonyl (C=O) groups is 1. The highest BCUT2D eigenvalue weighted by atomic mass is 35.5. The minimum atomic E-state index is -0.556. The van der Waals surface area contributed by atoms with Crippen LogP contribution in [0, 0.1) is 10.1 Å². The van der Waals surface area contributed by atoms with E-state index in [1.807, 2.05) is 0 Å². The van der Waals surface area contributed by atoms with Crippen LogP contribution in [0.5, 0.6) is 0 Å². The Balaban J connectivity index is 1.85. The maximum Gasteiger partial charge on any atom is 0.328 e. The van der Waals surface area contributed by atoms with Gasteiger partial charge in [0.15, 0.2) is 4.32 Å². The highest BCUT2D eigenvalue weighted by Crippen LogP contribution is 2.40. The molecule has 1 aliphatic rings. The molecule has 1 aliphatic heterocycles. The minimum Gasteiger partial charge on any atom is -0.295 e. The number of halogens is 2. The van der Waals surface area contributed by atoms with Crippen molar-refractivity contribution in [3.8, 4) is 0 Å². The molecule has 2 heterocycles. The molecule has 1 aromatic heterocycles. The number of fused-ring (bicyclic) bond motifs is 1. The average molecular weight is 495 g/mol. The van der Waals surface area contributed by atoms with Crippen LogP contribution in [-0.2, 0) is 18.9 Å². The van der Waals surface area contributed by atoms with Crippen LogP contribution in [0.3, 0.4) is 0 Å². The van der Waals surface area contributed by atoms with Crippen molar-refractivity contribution in [2.24, 2.45) is 14.1 Å². The number of benzene rings is 2. The summed E-state index contributed by atoms with van der Waals surface area (Å²) in [4.78, 5) is 37.8. The molecule has 1 amide bonds. The number of nitrogens with zero attached hydrogens (tertiary/aromatic N) is 4. The molecule has 1 saturated heterocycles. The van der Waals surface area contributed by atoms with Crippen molar-refractivity contribution in [2.75, 3.05) is 4.90 Å². The van der Waals surface area contributed by atoms with Gasteiger partial charge in [-0.1, -0.05) is 47.2 Å². The normalized spacial score (nSPS) is 15.5. The summed E-state index contributed by atoms with van der Waals surface area (Å²) in [5.74, 6) is -0.462. The van der Waals surface area contributed by atoms with E-state index >= 15 is 0 Å². The van der Waals surface area contributed by atoms with Gasteiger partial charge < -0.3 is 0 Å². The summed E-state index contributed by atoms with van der Waals surface area (Å²) in [5, 5.41) is 12.3. The van der Waals surface area contributed by atoms with E-state index in [9.17, 15) is 19.7 Å². The molecular weight excluding hydrogens is 483 g/mol. The summed E-state index contributed by atoms with van der Waals surface area (Å²) < 4.78 is 2.94. The van der Waals surface area contributed by atoms with Crippen LogP contribution in [0.2, 0.25) is 10.0 Å². The first kappa shape index (κ1) is 21.6.